The van der Waals surface area contributed by atoms with Crippen LogP contribution >= 0.6 is 0 Å². The Morgan fingerprint density at radius 1 is 1.03 bits per heavy atom. The number of hydrogen-bond acceptors (Lipinski definition) is 2. The Hall–Kier alpha value is -2.81. The standard InChI is InChI=1S/C26H26NO2/c1-14-11-18-13-15(2)16(3)21-23(18)20(12-14)29-25-22(17-7-5-6-8-17)19-9-10-28-26(19)27(4)24(21)25/h9-13,17H,5-8H2,1-4H3/q+1. The number of benzene rings is 2. The summed E-state index contributed by atoms with van der Waals surface area (Å²) in [6.07, 6.45) is 6.87. The van der Waals surface area contributed by atoms with E-state index in [2.05, 4.69) is 56.7 Å². The first kappa shape index (κ1) is 17.1. The maximum Gasteiger partial charge on any atom is 0.381 e. The Labute approximate surface area is 170 Å². The number of aryl methyl sites for hydroxylation is 3. The average Bonchev–Trinajstić information content (AvgIpc) is 3.37. The summed E-state index contributed by atoms with van der Waals surface area (Å²) in [5.41, 5.74) is 8.64. The number of pyridine rings is 1. The van der Waals surface area contributed by atoms with E-state index in [-0.39, 0.29) is 0 Å². The second kappa shape index (κ2) is 5.85. The van der Waals surface area contributed by atoms with E-state index < -0.39 is 0 Å². The molecule has 0 atom stereocenters. The van der Waals surface area contributed by atoms with Crippen LogP contribution in [0.3, 0.4) is 0 Å². The van der Waals surface area contributed by atoms with Crippen LogP contribution in [0.4, 0.5) is 0 Å². The maximum absolute atomic E-state index is 6.76. The Kier molecular flexibility index (Phi) is 3.45. The van der Waals surface area contributed by atoms with E-state index in [0.717, 1.165) is 22.9 Å². The summed E-state index contributed by atoms with van der Waals surface area (Å²) in [6, 6.07) is 8.88. The normalized spacial score (nSPS) is 15.9. The van der Waals surface area contributed by atoms with Gasteiger partial charge in [-0.15, -0.1) is 0 Å². The van der Waals surface area contributed by atoms with Gasteiger partial charge in [-0.25, -0.2) is 0 Å². The van der Waals surface area contributed by atoms with Gasteiger partial charge in [-0.3, -0.25) is 0 Å². The Morgan fingerprint density at radius 2 is 1.83 bits per heavy atom. The average molecular weight is 384 g/mol. The molecule has 1 saturated carbocycles. The molecule has 146 valence electrons. The molecule has 0 N–H and O–H groups in total. The van der Waals surface area contributed by atoms with Gasteiger partial charge < -0.3 is 9.15 Å². The molecule has 3 heterocycles. The minimum absolute atomic E-state index is 0.539. The molecular weight excluding hydrogens is 358 g/mol. The second-order valence-corrected chi connectivity index (χ2v) is 8.93. The fourth-order valence-electron chi connectivity index (χ4n) is 5.65. The lowest BCUT2D eigenvalue weighted by molar-refractivity contribution is -0.640. The molecule has 6 rings (SSSR count). The van der Waals surface area contributed by atoms with Gasteiger partial charge in [-0.2, -0.15) is 4.57 Å². The minimum atomic E-state index is 0.539. The van der Waals surface area contributed by atoms with Gasteiger partial charge >= 0.3 is 5.71 Å². The third kappa shape index (κ3) is 2.22. The molecule has 1 fully saturated rings. The molecule has 0 bridgehead atoms. The molecule has 1 aliphatic heterocycles. The molecule has 0 radical (unpaired) electrons. The quantitative estimate of drug-likeness (QED) is 0.298. The number of aromatic nitrogens is 1. The van der Waals surface area contributed by atoms with Gasteiger partial charge in [0.2, 0.25) is 5.75 Å². The molecule has 2 aliphatic rings. The molecule has 0 saturated heterocycles. The highest BCUT2D eigenvalue weighted by atomic mass is 16.5. The van der Waals surface area contributed by atoms with Gasteiger partial charge in [0.15, 0.2) is 0 Å². The summed E-state index contributed by atoms with van der Waals surface area (Å²) < 4.78 is 15.0. The van der Waals surface area contributed by atoms with Crippen LogP contribution in [0.15, 0.2) is 34.9 Å². The molecule has 3 heteroatoms. The van der Waals surface area contributed by atoms with Crippen molar-refractivity contribution in [2.45, 2.75) is 52.4 Å². The fraction of sp³-hybridized carbons (Fsp3) is 0.346. The predicted molar refractivity (Wildman–Crippen MR) is 116 cm³/mol. The van der Waals surface area contributed by atoms with Gasteiger partial charge in [0.05, 0.1) is 17.2 Å². The number of nitrogens with zero attached hydrogens (tertiary/aromatic N) is 1. The number of rotatable bonds is 1. The zero-order chi connectivity index (χ0) is 19.9. The molecule has 29 heavy (non-hydrogen) atoms. The van der Waals surface area contributed by atoms with Gasteiger partial charge in [0.1, 0.15) is 12.8 Å². The predicted octanol–water partition coefficient (Wildman–Crippen LogP) is 6.77. The van der Waals surface area contributed by atoms with Crippen molar-refractivity contribution in [1.29, 1.82) is 0 Å². The molecule has 0 spiro atoms. The minimum Gasteiger partial charge on any atom is -0.449 e. The molecular formula is C26H26NO2+. The van der Waals surface area contributed by atoms with E-state index in [4.69, 9.17) is 9.15 Å². The number of hydrogen-bond donors (Lipinski definition) is 0. The van der Waals surface area contributed by atoms with Crippen LogP contribution in [0.5, 0.6) is 11.5 Å². The number of fused-ring (bicyclic) bond motifs is 3. The summed E-state index contributed by atoms with van der Waals surface area (Å²) in [5.74, 6) is 2.58. The van der Waals surface area contributed by atoms with Crippen molar-refractivity contribution in [3.05, 3.63) is 52.8 Å². The van der Waals surface area contributed by atoms with Crippen LogP contribution in [0.2, 0.25) is 0 Å². The highest BCUT2D eigenvalue weighted by molar-refractivity contribution is 6.06. The largest absolute Gasteiger partial charge is 0.449 e. The molecule has 4 aromatic rings. The van der Waals surface area contributed by atoms with Crippen LogP contribution in [0.1, 0.15) is 53.9 Å². The lowest BCUT2D eigenvalue weighted by Gasteiger charge is -2.25. The van der Waals surface area contributed by atoms with Crippen LogP contribution in [0, 0.1) is 20.8 Å². The SMILES string of the molecule is Cc1cc2c3c(c(C)c(C)cc3c1)-c1c(c(C3CCCC3)c3ccoc3[n+]1C)O2. The van der Waals surface area contributed by atoms with E-state index in [1.54, 1.807) is 0 Å². The van der Waals surface area contributed by atoms with E-state index in [9.17, 15) is 0 Å². The van der Waals surface area contributed by atoms with Crippen molar-refractivity contribution in [3.8, 4) is 22.8 Å². The third-order valence-corrected chi connectivity index (χ3v) is 7.11. The van der Waals surface area contributed by atoms with Gasteiger partial charge in [-0.05, 0) is 73.7 Å². The topological polar surface area (TPSA) is 26.2 Å². The van der Waals surface area contributed by atoms with E-state index in [1.807, 2.05) is 6.26 Å². The lowest BCUT2D eigenvalue weighted by Crippen LogP contribution is -2.34. The molecule has 3 nitrogen and oxygen atoms in total. The van der Waals surface area contributed by atoms with E-state index in [0.29, 0.717) is 5.92 Å². The molecule has 1 aliphatic carbocycles. The van der Waals surface area contributed by atoms with E-state index >= 15 is 0 Å². The lowest BCUT2D eigenvalue weighted by atomic mass is 9.86. The maximum atomic E-state index is 6.76. The zero-order valence-electron chi connectivity index (χ0n) is 17.6. The summed E-state index contributed by atoms with van der Waals surface area (Å²) in [6.45, 7) is 6.61. The molecule has 2 aromatic heterocycles. The van der Waals surface area contributed by atoms with Crippen LogP contribution in [0.25, 0.3) is 33.1 Å². The Bertz CT molecular complexity index is 1320. The fourth-order valence-corrected chi connectivity index (χ4v) is 5.65. The van der Waals surface area contributed by atoms with Crippen LogP contribution in [-0.2, 0) is 7.05 Å². The highest BCUT2D eigenvalue weighted by Gasteiger charge is 2.38. The van der Waals surface area contributed by atoms with Crippen LogP contribution < -0.4 is 9.30 Å². The summed E-state index contributed by atoms with van der Waals surface area (Å²) in [7, 11) is 2.11. The first-order valence-corrected chi connectivity index (χ1v) is 10.7. The van der Waals surface area contributed by atoms with Crippen molar-refractivity contribution in [3.63, 3.8) is 0 Å². The Morgan fingerprint density at radius 3 is 2.62 bits per heavy atom. The monoisotopic (exact) mass is 384 g/mol. The van der Waals surface area contributed by atoms with Gasteiger partial charge in [0, 0.05) is 10.9 Å². The van der Waals surface area contributed by atoms with Crippen molar-refractivity contribution in [2.75, 3.05) is 0 Å². The Balaban J connectivity index is 1.82. The molecule has 0 unspecified atom stereocenters. The third-order valence-electron chi connectivity index (χ3n) is 7.11. The first-order chi connectivity index (χ1) is 14.0. The van der Waals surface area contributed by atoms with Crippen molar-refractivity contribution in [2.24, 2.45) is 7.05 Å². The first-order valence-electron chi connectivity index (χ1n) is 10.7. The van der Waals surface area contributed by atoms with Gasteiger partial charge in [0.25, 0.3) is 5.69 Å². The van der Waals surface area contributed by atoms with E-state index in [1.165, 1.54) is 69.7 Å². The molecule has 0 amide bonds. The zero-order valence-corrected chi connectivity index (χ0v) is 17.6. The highest BCUT2D eigenvalue weighted by Crippen LogP contribution is 2.53. The number of ether oxygens (including phenoxy) is 1. The number of furan rings is 1. The molecule has 2 aromatic carbocycles. The summed E-state index contributed by atoms with van der Waals surface area (Å²) >= 11 is 0. The summed E-state index contributed by atoms with van der Waals surface area (Å²) in [5, 5.41) is 3.69. The smallest absolute Gasteiger partial charge is 0.381 e. The van der Waals surface area contributed by atoms with Crippen LogP contribution in [-0.4, -0.2) is 0 Å². The van der Waals surface area contributed by atoms with Crippen molar-refractivity contribution in [1.82, 2.24) is 0 Å². The van der Waals surface area contributed by atoms with Crippen molar-refractivity contribution >= 4 is 21.9 Å². The summed E-state index contributed by atoms with van der Waals surface area (Å²) in [4.78, 5) is 0. The second-order valence-electron chi connectivity index (χ2n) is 8.93. The van der Waals surface area contributed by atoms with Gasteiger partial charge in [-0.1, -0.05) is 25.0 Å². The van der Waals surface area contributed by atoms with Crippen molar-refractivity contribution < 1.29 is 13.7 Å².